The molecule has 23 heavy (non-hydrogen) atoms. The van der Waals surface area contributed by atoms with Crippen LogP contribution in [-0.4, -0.2) is 14.2 Å². The van der Waals surface area contributed by atoms with E-state index in [0.717, 1.165) is 5.56 Å². The van der Waals surface area contributed by atoms with Crippen LogP contribution in [0.15, 0.2) is 42.5 Å². The van der Waals surface area contributed by atoms with E-state index in [-0.39, 0.29) is 23.5 Å². The fourth-order valence-electron chi connectivity index (χ4n) is 2.64. The molecule has 5 heteroatoms. The summed E-state index contributed by atoms with van der Waals surface area (Å²) in [5.41, 5.74) is 0.505. The molecule has 124 valence electrons. The molecule has 2 nitrogen and oxygen atoms in total. The molecule has 0 aliphatic carbocycles. The first-order chi connectivity index (χ1) is 11.0. The Morgan fingerprint density at radius 1 is 0.826 bits per heavy atom. The Labute approximate surface area is 133 Å². The van der Waals surface area contributed by atoms with Crippen LogP contribution in [0, 0.1) is 0 Å². The number of methoxy groups -OCH3 is 2. The predicted molar refractivity (Wildman–Crippen MR) is 83.0 cm³/mol. The number of hydrogen-bond acceptors (Lipinski definition) is 2. The zero-order chi connectivity index (χ0) is 16.9. The van der Waals surface area contributed by atoms with Gasteiger partial charge < -0.3 is 9.47 Å². The first-order valence-electron chi connectivity index (χ1n) is 7.32. The number of alkyl halides is 3. The summed E-state index contributed by atoms with van der Waals surface area (Å²) in [6, 6.07) is 12.5. The van der Waals surface area contributed by atoms with Crippen molar-refractivity contribution in [2.75, 3.05) is 14.2 Å². The molecule has 2 rings (SSSR count). The first kappa shape index (κ1) is 17.2. The van der Waals surface area contributed by atoms with E-state index in [1.807, 2.05) is 30.3 Å². The summed E-state index contributed by atoms with van der Waals surface area (Å²) in [5.74, 6) is 0.0687. The summed E-state index contributed by atoms with van der Waals surface area (Å²) >= 11 is 0. The fourth-order valence-corrected chi connectivity index (χ4v) is 2.64. The second-order valence-corrected chi connectivity index (χ2v) is 5.16. The maximum atomic E-state index is 13.4. The molecule has 0 atom stereocenters. The second-order valence-electron chi connectivity index (χ2n) is 5.16. The van der Waals surface area contributed by atoms with Crippen LogP contribution in [0.4, 0.5) is 13.2 Å². The van der Waals surface area contributed by atoms with Crippen molar-refractivity contribution >= 4 is 0 Å². The molecular formula is C18H19F3O2. The average molecular weight is 324 g/mol. The molecule has 0 N–H and O–H groups in total. The lowest BCUT2D eigenvalue weighted by Crippen LogP contribution is -2.13. The highest BCUT2D eigenvalue weighted by Crippen LogP contribution is 2.42. The third kappa shape index (κ3) is 4.18. The number of halogens is 3. The molecule has 0 saturated heterocycles. The number of ether oxygens (including phenoxy) is 2. The van der Waals surface area contributed by atoms with Gasteiger partial charge in [0.1, 0.15) is 17.1 Å². The van der Waals surface area contributed by atoms with Crippen molar-refractivity contribution in [3.05, 3.63) is 59.2 Å². The zero-order valence-corrected chi connectivity index (χ0v) is 13.1. The number of benzene rings is 2. The van der Waals surface area contributed by atoms with Gasteiger partial charge in [-0.2, -0.15) is 13.2 Å². The molecule has 0 fully saturated rings. The van der Waals surface area contributed by atoms with E-state index in [1.165, 1.54) is 26.4 Å². The molecule has 0 saturated carbocycles. The number of aryl methyl sites for hydroxylation is 1. The Kier molecular flexibility index (Phi) is 5.53. The van der Waals surface area contributed by atoms with Gasteiger partial charge in [-0.05, 0) is 37.0 Å². The van der Waals surface area contributed by atoms with Gasteiger partial charge in [-0.25, -0.2) is 0 Å². The number of rotatable bonds is 6. The van der Waals surface area contributed by atoms with Crippen LogP contribution in [0.5, 0.6) is 11.5 Å². The molecule has 0 radical (unpaired) electrons. The minimum absolute atomic E-state index is 0.148. The molecule has 0 aromatic heterocycles. The van der Waals surface area contributed by atoms with Crippen molar-refractivity contribution in [1.29, 1.82) is 0 Å². The summed E-state index contributed by atoms with van der Waals surface area (Å²) in [5, 5.41) is 0. The van der Waals surface area contributed by atoms with E-state index in [0.29, 0.717) is 12.8 Å². The maximum absolute atomic E-state index is 13.4. The normalized spacial score (nSPS) is 11.3. The van der Waals surface area contributed by atoms with E-state index in [4.69, 9.17) is 9.47 Å². The summed E-state index contributed by atoms with van der Waals surface area (Å²) in [4.78, 5) is 0. The van der Waals surface area contributed by atoms with Gasteiger partial charge in [0, 0.05) is 5.56 Å². The summed E-state index contributed by atoms with van der Waals surface area (Å²) in [6.07, 6.45) is -2.92. The smallest absolute Gasteiger partial charge is 0.420 e. The highest BCUT2D eigenvalue weighted by molar-refractivity contribution is 5.50. The van der Waals surface area contributed by atoms with Crippen LogP contribution in [0.2, 0.25) is 0 Å². The first-order valence-corrected chi connectivity index (χ1v) is 7.32. The second kappa shape index (κ2) is 7.40. The van der Waals surface area contributed by atoms with E-state index >= 15 is 0 Å². The molecule has 0 amide bonds. The minimum atomic E-state index is -4.48. The molecule has 0 heterocycles. The molecular weight excluding hydrogens is 305 g/mol. The van der Waals surface area contributed by atoms with E-state index < -0.39 is 11.7 Å². The largest absolute Gasteiger partial charge is 0.496 e. The average Bonchev–Trinajstić information content (AvgIpc) is 2.54. The van der Waals surface area contributed by atoms with Crippen LogP contribution in [0.25, 0.3) is 0 Å². The third-order valence-corrected chi connectivity index (χ3v) is 3.69. The van der Waals surface area contributed by atoms with E-state index in [2.05, 4.69) is 0 Å². The topological polar surface area (TPSA) is 18.5 Å². The fraction of sp³-hybridized carbons (Fsp3) is 0.333. The van der Waals surface area contributed by atoms with Gasteiger partial charge in [-0.15, -0.1) is 0 Å². The Morgan fingerprint density at radius 2 is 1.43 bits per heavy atom. The molecule has 0 bridgehead atoms. The Balaban J connectivity index is 2.28. The van der Waals surface area contributed by atoms with Crippen molar-refractivity contribution in [2.45, 2.75) is 25.4 Å². The Hall–Kier alpha value is -2.17. The quantitative estimate of drug-likeness (QED) is 0.752. The maximum Gasteiger partial charge on any atom is 0.420 e. The molecule has 0 unspecified atom stereocenters. The van der Waals surface area contributed by atoms with Crippen LogP contribution in [-0.2, 0) is 19.0 Å². The summed E-state index contributed by atoms with van der Waals surface area (Å²) in [6.45, 7) is 0. The highest BCUT2D eigenvalue weighted by Gasteiger charge is 2.38. The number of hydrogen-bond donors (Lipinski definition) is 0. The molecule has 2 aromatic rings. The van der Waals surface area contributed by atoms with Crippen molar-refractivity contribution < 1.29 is 22.6 Å². The lowest BCUT2D eigenvalue weighted by molar-refractivity contribution is -0.139. The zero-order valence-electron chi connectivity index (χ0n) is 13.1. The van der Waals surface area contributed by atoms with Crippen LogP contribution >= 0.6 is 0 Å². The van der Waals surface area contributed by atoms with Crippen LogP contribution in [0.1, 0.15) is 23.1 Å². The van der Waals surface area contributed by atoms with Crippen molar-refractivity contribution in [3.63, 3.8) is 0 Å². The monoisotopic (exact) mass is 324 g/mol. The lowest BCUT2D eigenvalue weighted by atomic mass is 9.97. The van der Waals surface area contributed by atoms with Crippen LogP contribution in [0.3, 0.4) is 0 Å². The van der Waals surface area contributed by atoms with Gasteiger partial charge in [0.05, 0.1) is 14.2 Å². The molecule has 2 aromatic carbocycles. The standard InChI is InChI=1S/C18H19F3O2/c1-22-15-11-12-16(23-2)17(18(19,20)21)14(15)10-6-9-13-7-4-3-5-8-13/h3-5,7-8,11-12H,6,9-10H2,1-2H3. The molecule has 0 aliphatic rings. The van der Waals surface area contributed by atoms with E-state index in [9.17, 15) is 13.2 Å². The van der Waals surface area contributed by atoms with Crippen molar-refractivity contribution in [2.24, 2.45) is 0 Å². The van der Waals surface area contributed by atoms with E-state index in [1.54, 1.807) is 0 Å². The van der Waals surface area contributed by atoms with Gasteiger partial charge in [-0.3, -0.25) is 0 Å². The lowest BCUT2D eigenvalue weighted by Gasteiger charge is -2.19. The molecule has 0 spiro atoms. The van der Waals surface area contributed by atoms with Gasteiger partial charge in [0.15, 0.2) is 0 Å². The van der Waals surface area contributed by atoms with Gasteiger partial charge >= 0.3 is 6.18 Å². The molecule has 0 aliphatic heterocycles. The SMILES string of the molecule is COc1ccc(OC)c(C(F)(F)F)c1CCCc1ccccc1. The van der Waals surface area contributed by atoms with Gasteiger partial charge in [0.25, 0.3) is 0 Å². The van der Waals surface area contributed by atoms with Crippen LogP contribution < -0.4 is 9.47 Å². The van der Waals surface area contributed by atoms with Crippen molar-refractivity contribution in [3.8, 4) is 11.5 Å². The predicted octanol–water partition coefficient (Wildman–Crippen LogP) is 4.90. The van der Waals surface area contributed by atoms with Gasteiger partial charge in [0.2, 0.25) is 0 Å². The Morgan fingerprint density at radius 3 is 2.00 bits per heavy atom. The summed E-state index contributed by atoms with van der Waals surface area (Å²) in [7, 11) is 2.62. The van der Waals surface area contributed by atoms with Gasteiger partial charge in [-0.1, -0.05) is 30.3 Å². The summed E-state index contributed by atoms with van der Waals surface area (Å²) < 4.78 is 50.3. The minimum Gasteiger partial charge on any atom is -0.496 e. The van der Waals surface area contributed by atoms with Crippen molar-refractivity contribution in [1.82, 2.24) is 0 Å². The third-order valence-electron chi connectivity index (χ3n) is 3.69. The highest BCUT2D eigenvalue weighted by atomic mass is 19.4. The Bertz CT molecular complexity index is 637.